The second kappa shape index (κ2) is 15.8. The minimum Gasteiger partial charge on any atom is -0.447 e. The normalized spacial score (nSPS) is 11.3. The van der Waals surface area contributed by atoms with Gasteiger partial charge in [-0.3, -0.25) is 14.9 Å². The summed E-state index contributed by atoms with van der Waals surface area (Å²) in [4.78, 5) is 57.0. The van der Waals surface area contributed by atoms with Crippen molar-refractivity contribution in [3.8, 4) is 0 Å². The molecule has 1 heterocycles. The molecule has 5 aromatic rings. The van der Waals surface area contributed by atoms with E-state index in [2.05, 4.69) is 20.9 Å². The topological polar surface area (TPSA) is 130 Å². The van der Waals surface area contributed by atoms with Gasteiger partial charge in [0.05, 0.1) is 11.1 Å². The highest BCUT2D eigenvalue weighted by Crippen LogP contribution is 2.20. The second-order valence-electron chi connectivity index (χ2n) is 10.9. The number of aromatic nitrogens is 1. The number of hydrogen-bond acceptors (Lipinski definition) is 6. The number of halogens is 3. The number of anilines is 1. The molecule has 0 fully saturated rings. The van der Waals surface area contributed by atoms with Crippen molar-refractivity contribution in [3.05, 3.63) is 142 Å². The average Bonchev–Trinajstić information content (AvgIpc) is 3.11. The third-order valence-electron chi connectivity index (χ3n) is 7.59. The highest BCUT2D eigenvalue weighted by molar-refractivity contribution is 6.31. The van der Waals surface area contributed by atoms with E-state index in [0.717, 1.165) is 0 Å². The number of benzene rings is 4. The van der Waals surface area contributed by atoms with Crippen molar-refractivity contribution in [2.45, 2.75) is 12.6 Å². The molecule has 0 radical (unpaired) electrons. The number of amides is 4. The lowest BCUT2D eigenvalue weighted by molar-refractivity contribution is 0.0909. The van der Waals surface area contributed by atoms with Crippen LogP contribution in [0.3, 0.4) is 0 Å². The van der Waals surface area contributed by atoms with Crippen LogP contribution in [0.2, 0.25) is 5.02 Å². The molecule has 250 valence electrons. The van der Waals surface area contributed by atoms with E-state index in [4.69, 9.17) is 16.3 Å². The van der Waals surface area contributed by atoms with E-state index in [1.54, 1.807) is 54.6 Å². The van der Waals surface area contributed by atoms with Crippen LogP contribution < -0.4 is 16.0 Å². The number of carbonyl (C=O) groups excluding carboxylic acids is 4. The van der Waals surface area contributed by atoms with Gasteiger partial charge in [0.2, 0.25) is 0 Å². The first-order chi connectivity index (χ1) is 23.6. The summed E-state index contributed by atoms with van der Waals surface area (Å²) in [7, 11) is 1.43. The molecule has 0 unspecified atom stereocenters. The Kier molecular flexibility index (Phi) is 11.1. The first kappa shape index (κ1) is 34.5. The molecule has 3 N–H and O–H groups in total. The first-order valence-corrected chi connectivity index (χ1v) is 15.4. The summed E-state index contributed by atoms with van der Waals surface area (Å²) in [6.45, 7) is -0.596. The van der Waals surface area contributed by atoms with Crippen molar-refractivity contribution >= 4 is 52.0 Å². The van der Waals surface area contributed by atoms with Gasteiger partial charge in [0.15, 0.2) is 5.78 Å². The van der Waals surface area contributed by atoms with Gasteiger partial charge in [0, 0.05) is 48.4 Å². The van der Waals surface area contributed by atoms with Gasteiger partial charge in [0.25, 0.3) is 5.91 Å². The number of ketones is 1. The van der Waals surface area contributed by atoms with Crippen LogP contribution in [0.1, 0.15) is 31.8 Å². The maximum atomic E-state index is 13.9. The third kappa shape index (κ3) is 8.93. The summed E-state index contributed by atoms with van der Waals surface area (Å²) in [5.74, 6) is -1.66. The van der Waals surface area contributed by atoms with E-state index in [1.807, 2.05) is 0 Å². The van der Waals surface area contributed by atoms with E-state index in [9.17, 15) is 28.0 Å². The Morgan fingerprint density at radius 1 is 0.837 bits per heavy atom. The molecule has 0 aliphatic heterocycles. The number of hydrogen-bond donors (Lipinski definition) is 3. The largest absolute Gasteiger partial charge is 0.447 e. The Balaban J connectivity index is 1.24. The Bertz CT molecular complexity index is 2000. The molecule has 0 aliphatic carbocycles. The summed E-state index contributed by atoms with van der Waals surface area (Å²) in [5, 5.41) is 8.89. The molecular weight excluding hydrogens is 656 g/mol. The monoisotopic (exact) mass is 685 g/mol. The fourth-order valence-corrected chi connectivity index (χ4v) is 4.98. The smallest absolute Gasteiger partial charge is 0.412 e. The molecule has 0 saturated carbocycles. The molecule has 1 atom stereocenters. The van der Waals surface area contributed by atoms with Crippen LogP contribution in [0.5, 0.6) is 0 Å². The SMILES string of the molecule is CN(C(=O)NCc1cccc(F)c1Cl)[C@@H](CNC(=O)c1ccc(C(=O)c2ccccc2)cc1)COC(=O)Nc1cc2cc(F)ccc2cn1. The highest BCUT2D eigenvalue weighted by atomic mass is 35.5. The van der Waals surface area contributed by atoms with Crippen LogP contribution in [-0.4, -0.2) is 59.9 Å². The van der Waals surface area contributed by atoms with E-state index < -0.39 is 35.7 Å². The van der Waals surface area contributed by atoms with Gasteiger partial charge in [-0.15, -0.1) is 0 Å². The van der Waals surface area contributed by atoms with Gasteiger partial charge in [-0.25, -0.2) is 23.4 Å². The molecule has 10 nitrogen and oxygen atoms in total. The van der Waals surface area contributed by atoms with E-state index >= 15 is 0 Å². The van der Waals surface area contributed by atoms with Crippen molar-refractivity contribution in [2.75, 3.05) is 25.5 Å². The molecule has 49 heavy (non-hydrogen) atoms. The Labute approximate surface area is 285 Å². The lowest BCUT2D eigenvalue weighted by atomic mass is 10.0. The predicted molar refractivity (Wildman–Crippen MR) is 181 cm³/mol. The number of fused-ring (bicyclic) bond motifs is 1. The van der Waals surface area contributed by atoms with Crippen LogP contribution in [0.15, 0.2) is 103 Å². The first-order valence-electron chi connectivity index (χ1n) is 15.0. The van der Waals surface area contributed by atoms with Gasteiger partial charge in [0.1, 0.15) is 24.1 Å². The maximum absolute atomic E-state index is 13.9. The van der Waals surface area contributed by atoms with Gasteiger partial charge >= 0.3 is 12.1 Å². The minimum atomic E-state index is -0.904. The van der Waals surface area contributed by atoms with Gasteiger partial charge < -0.3 is 20.3 Å². The third-order valence-corrected chi connectivity index (χ3v) is 8.02. The molecule has 0 spiro atoms. The van der Waals surface area contributed by atoms with Crippen molar-refractivity contribution in [1.82, 2.24) is 20.5 Å². The predicted octanol–water partition coefficient (Wildman–Crippen LogP) is 6.59. The number of nitrogens with one attached hydrogen (secondary N) is 3. The number of rotatable bonds is 11. The molecule has 13 heteroatoms. The maximum Gasteiger partial charge on any atom is 0.412 e. The number of urea groups is 1. The van der Waals surface area contributed by atoms with Crippen molar-refractivity contribution in [3.63, 3.8) is 0 Å². The number of likely N-dealkylation sites (N-methyl/N-ethyl adjacent to an activating group) is 1. The van der Waals surface area contributed by atoms with Crippen LogP contribution in [-0.2, 0) is 11.3 Å². The lowest BCUT2D eigenvalue weighted by Crippen LogP contribution is -2.51. The number of pyridine rings is 1. The van der Waals surface area contributed by atoms with Gasteiger partial charge in [-0.1, -0.05) is 66.2 Å². The summed E-state index contributed by atoms with van der Waals surface area (Å²) in [5.41, 5.74) is 1.52. The summed E-state index contributed by atoms with van der Waals surface area (Å²) < 4.78 is 33.0. The molecule has 4 aromatic carbocycles. The minimum absolute atomic E-state index is 0.0948. The molecule has 1 aromatic heterocycles. The summed E-state index contributed by atoms with van der Waals surface area (Å²) >= 11 is 6.02. The zero-order chi connectivity index (χ0) is 34.9. The van der Waals surface area contributed by atoms with Crippen molar-refractivity contribution in [2.24, 2.45) is 0 Å². The highest BCUT2D eigenvalue weighted by Gasteiger charge is 2.24. The standard InChI is InChI=1S/C36H30ClF2N5O5/c1-44(35(47)42-19-26-8-5-9-30(39)32(26)37)29(21-49-36(48)43-31-17-27-16-28(38)15-14-25(27)18-40-31)20-41-34(46)24-12-10-23(11-13-24)33(45)22-6-3-2-4-7-22/h2-18,29H,19-21H2,1H3,(H,41,46)(H,42,47)(H,40,43,48)/t29-/m0/s1. The fourth-order valence-electron chi connectivity index (χ4n) is 4.79. The fraction of sp³-hybridized carbons (Fsp3) is 0.139. The van der Waals surface area contributed by atoms with Crippen LogP contribution in [0.4, 0.5) is 24.2 Å². The van der Waals surface area contributed by atoms with E-state index in [0.29, 0.717) is 27.5 Å². The van der Waals surface area contributed by atoms with Gasteiger partial charge in [-0.2, -0.15) is 0 Å². The number of carbonyl (C=O) groups is 4. The molecular formula is C36H30ClF2N5O5. The Hall–Kier alpha value is -5.88. The lowest BCUT2D eigenvalue weighted by Gasteiger charge is -2.28. The second-order valence-corrected chi connectivity index (χ2v) is 11.3. The number of ether oxygens (including phenoxy) is 1. The summed E-state index contributed by atoms with van der Waals surface area (Å²) in [6.07, 6.45) is 0.564. The Morgan fingerprint density at radius 3 is 2.31 bits per heavy atom. The van der Waals surface area contributed by atoms with Crippen molar-refractivity contribution in [1.29, 1.82) is 0 Å². The van der Waals surface area contributed by atoms with Crippen LogP contribution >= 0.6 is 11.6 Å². The average molecular weight is 686 g/mol. The van der Waals surface area contributed by atoms with Crippen LogP contribution in [0.25, 0.3) is 10.8 Å². The Morgan fingerprint density at radius 2 is 1.55 bits per heavy atom. The molecule has 0 aliphatic rings. The van der Waals surface area contributed by atoms with E-state index in [-0.39, 0.29) is 41.9 Å². The molecule has 0 bridgehead atoms. The molecule has 5 rings (SSSR count). The van der Waals surface area contributed by atoms with Crippen LogP contribution in [0, 0.1) is 11.6 Å². The molecule has 0 saturated heterocycles. The van der Waals surface area contributed by atoms with Crippen molar-refractivity contribution < 1.29 is 32.7 Å². The van der Waals surface area contributed by atoms with E-state index in [1.165, 1.54) is 60.6 Å². The number of nitrogens with zero attached hydrogens (tertiary/aromatic N) is 2. The quantitative estimate of drug-likeness (QED) is 0.135. The molecule has 4 amide bonds. The zero-order valence-electron chi connectivity index (χ0n) is 26.1. The van der Waals surface area contributed by atoms with Gasteiger partial charge in [-0.05, 0) is 53.4 Å². The zero-order valence-corrected chi connectivity index (χ0v) is 26.8. The summed E-state index contributed by atoms with van der Waals surface area (Å²) in [6, 6.07) is 23.2.